The van der Waals surface area contributed by atoms with Gasteiger partial charge in [-0.15, -0.1) is 0 Å². The fourth-order valence-corrected chi connectivity index (χ4v) is 2.71. The fraction of sp³-hybridized carbons (Fsp3) is 0.588. The van der Waals surface area contributed by atoms with E-state index < -0.39 is 0 Å². The van der Waals surface area contributed by atoms with E-state index in [1.54, 1.807) is 0 Å². The van der Waals surface area contributed by atoms with Crippen LogP contribution < -0.4 is 10.6 Å². The molecule has 0 radical (unpaired) electrons. The molecule has 4 heteroatoms. The predicted octanol–water partition coefficient (Wildman–Crippen LogP) is 2.35. The summed E-state index contributed by atoms with van der Waals surface area (Å²) in [5.41, 5.74) is 2.49. The monoisotopic (exact) mass is 289 g/mol. The van der Waals surface area contributed by atoms with Crippen LogP contribution in [0.25, 0.3) is 0 Å². The second-order valence-corrected chi connectivity index (χ2v) is 5.83. The average Bonchev–Trinajstić information content (AvgIpc) is 2.47. The van der Waals surface area contributed by atoms with Crippen molar-refractivity contribution in [3.63, 3.8) is 0 Å². The first-order valence-electron chi connectivity index (χ1n) is 7.96. The molecular formula is C17H27N3O. The van der Waals surface area contributed by atoms with Crippen LogP contribution in [0.3, 0.4) is 0 Å². The third-order valence-corrected chi connectivity index (χ3v) is 3.88. The summed E-state index contributed by atoms with van der Waals surface area (Å²) in [6.07, 6.45) is 3.67. The van der Waals surface area contributed by atoms with E-state index in [9.17, 15) is 5.11 Å². The summed E-state index contributed by atoms with van der Waals surface area (Å²) < 4.78 is 0. The van der Waals surface area contributed by atoms with Crippen molar-refractivity contribution in [3.05, 3.63) is 35.4 Å². The van der Waals surface area contributed by atoms with Gasteiger partial charge in [0.1, 0.15) is 0 Å². The van der Waals surface area contributed by atoms with Crippen molar-refractivity contribution in [3.8, 4) is 0 Å². The van der Waals surface area contributed by atoms with E-state index in [1.807, 2.05) is 0 Å². The molecule has 0 atom stereocenters. The van der Waals surface area contributed by atoms with E-state index in [2.05, 4.69) is 53.7 Å². The normalized spacial score (nSPS) is 22.9. The van der Waals surface area contributed by atoms with Gasteiger partial charge in [-0.05, 0) is 45.1 Å². The molecule has 21 heavy (non-hydrogen) atoms. The minimum atomic E-state index is -0.116. The third kappa shape index (κ3) is 5.38. The highest BCUT2D eigenvalue weighted by molar-refractivity contribution is 5.80. The molecule has 0 aromatic heterocycles. The van der Waals surface area contributed by atoms with Crippen LogP contribution in [-0.4, -0.2) is 29.8 Å². The summed E-state index contributed by atoms with van der Waals surface area (Å²) in [6.45, 7) is 5.72. The Balaban J connectivity index is 1.92. The van der Waals surface area contributed by atoms with E-state index in [4.69, 9.17) is 0 Å². The van der Waals surface area contributed by atoms with E-state index in [0.29, 0.717) is 12.6 Å². The van der Waals surface area contributed by atoms with Gasteiger partial charge in [-0.3, -0.25) is 0 Å². The van der Waals surface area contributed by atoms with Crippen molar-refractivity contribution >= 4 is 5.96 Å². The molecular weight excluding hydrogens is 262 g/mol. The minimum Gasteiger partial charge on any atom is -0.393 e. The van der Waals surface area contributed by atoms with Crippen molar-refractivity contribution < 1.29 is 5.11 Å². The van der Waals surface area contributed by atoms with Crippen LogP contribution in [0.5, 0.6) is 0 Å². The summed E-state index contributed by atoms with van der Waals surface area (Å²) in [5, 5.41) is 16.4. The van der Waals surface area contributed by atoms with Crippen molar-refractivity contribution in [2.75, 3.05) is 6.54 Å². The standard InChI is InChI=1S/C17H27N3O/c1-3-18-17(20-15-7-9-16(21)10-8-15)19-12-14-6-4-5-13(2)11-14/h4-6,11,15-16,21H,3,7-10,12H2,1-2H3,(H2,18,19,20). The number of hydrogen-bond acceptors (Lipinski definition) is 2. The first kappa shape index (κ1) is 15.8. The molecule has 0 amide bonds. The molecule has 3 N–H and O–H groups in total. The maximum Gasteiger partial charge on any atom is 0.191 e. The Bertz CT molecular complexity index is 465. The molecule has 1 aliphatic rings. The van der Waals surface area contributed by atoms with Crippen molar-refractivity contribution in [1.82, 2.24) is 10.6 Å². The number of nitrogens with zero attached hydrogens (tertiary/aromatic N) is 1. The zero-order valence-electron chi connectivity index (χ0n) is 13.1. The fourth-order valence-electron chi connectivity index (χ4n) is 2.71. The zero-order chi connectivity index (χ0) is 15.1. The molecule has 0 unspecified atom stereocenters. The number of aliphatic imine (C=N–C) groups is 1. The Morgan fingerprint density at radius 1 is 1.29 bits per heavy atom. The molecule has 1 aromatic rings. The third-order valence-electron chi connectivity index (χ3n) is 3.88. The van der Waals surface area contributed by atoms with Crippen LogP contribution >= 0.6 is 0 Å². The van der Waals surface area contributed by atoms with Crippen molar-refractivity contribution in [1.29, 1.82) is 0 Å². The van der Waals surface area contributed by atoms with Gasteiger partial charge in [0, 0.05) is 12.6 Å². The molecule has 0 bridgehead atoms. The minimum absolute atomic E-state index is 0.116. The van der Waals surface area contributed by atoms with E-state index in [0.717, 1.165) is 38.2 Å². The van der Waals surface area contributed by atoms with Crippen LogP contribution in [-0.2, 0) is 6.54 Å². The number of aliphatic hydroxyl groups is 1. The smallest absolute Gasteiger partial charge is 0.191 e. The van der Waals surface area contributed by atoms with Gasteiger partial charge in [0.25, 0.3) is 0 Å². The predicted molar refractivity (Wildman–Crippen MR) is 87.4 cm³/mol. The van der Waals surface area contributed by atoms with E-state index in [-0.39, 0.29) is 6.10 Å². The number of nitrogens with one attached hydrogen (secondary N) is 2. The van der Waals surface area contributed by atoms with Gasteiger partial charge in [-0.25, -0.2) is 4.99 Å². The van der Waals surface area contributed by atoms with E-state index >= 15 is 0 Å². The van der Waals surface area contributed by atoms with Crippen LogP contribution in [0.15, 0.2) is 29.3 Å². The summed E-state index contributed by atoms with van der Waals surface area (Å²) >= 11 is 0. The van der Waals surface area contributed by atoms with Gasteiger partial charge < -0.3 is 15.7 Å². The second kappa shape index (κ2) is 8.03. The van der Waals surface area contributed by atoms with Gasteiger partial charge in [0.15, 0.2) is 5.96 Å². The Labute approximate surface area is 127 Å². The number of guanidine groups is 1. The highest BCUT2D eigenvalue weighted by atomic mass is 16.3. The molecule has 2 rings (SSSR count). The molecule has 4 nitrogen and oxygen atoms in total. The molecule has 1 aromatic carbocycles. The molecule has 0 aliphatic heterocycles. The summed E-state index contributed by atoms with van der Waals surface area (Å²) in [6, 6.07) is 8.87. The van der Waals surface area contributed by atoms with Crippen molar-refractivity contribution in [2.45, 2.75) is 58.2 Å². The molecule has 1 fully saturated rings. The molecule has 0 heterocycles. The largest absolute Gasteiger partial charge is 0.393 e. The maximum absolute atomic E-state index is 9.57. The van der Waals surface area contributed by atoms with Crippen LogP contribution in [0.2, 0.25) is 0 Å². The molecule has 116 valence electrons. The van der Waals surface area contributed by atoms with Gasteiger partial charge >= 0.3 is 0 Å². The Morgan fingerprint density at radius 3 is 2.71 bits per heavy atom. The lowest BCUT2D eigenvalue weighted by Gasteiger charge is -2.27. The van der Waals surface area contributed by atoms with Gasteiger partial charge in [0.05, 0.1) is 12.6 Å². The SMILES string of the molecule is CCNC(=NCc1cccc(C)c1)NC1CCC(O)CC1. The highest BCUT2D eigenvalue weighted by Crippen LogP contribution is 2.18. The summed E-state index contributed by atoms with van der Waals surface area (Å²) in [4.78, 5) is 4.67. The quantitative estimate of drug-likeness (QED) is 0.589. The lowest BCUT2D eigenvalue weighted by atomic mass is 9.93. The first-order chi connectivity index (χ1) is 10.2. The van der Waals surface area contributed by atoms with Crippen molar-refractivity contribution in [2.24, 2.45) is 4.99 Å². The van der Waals surface area contributed by atoms with Gasteiger partial charge in [-0.2, -0.15) is 0 Å². The first-order valence-corrected chi connectivity index (χ1v) is 7.96. The zero-order valence-corrected chi connectivity index (χ0v) is 13.1. The molecule has 1 saturated carbocycles. The lowest BCUT2D eigenvalue weighted by Crippen LogP contribution is -2.45. The summed E-state index contributed by atoms with van der Waals surface area (Å²) in [7, 11) is 0. The highest BCUT2D eigenvalue weighted by Gasteiger charge is 2.19. The molecule has 1 aliphatic carbocycles. The summed E-state index contributed by atoms with van der Waals surface area (Å²) in [5.74, 6) is 0.875. The van der Waals surface area contributed by atoms with Gasteiger partial charge in [0.2, 0.25) is 0 Å². The number of rotatable bonds is 4. The molecule has 0 spiro atoms. The average molecular weight is 289 g/mol. The van der Waals surface area contributed by atoms with Gasteiger partial charge in [-0.1, -0.05) is 29.8 Å². The molecule has 0 saturated heterocycles. The van der Waals surface area contributed by atoms with E-state index in [1.165, 1.54) is 11.1 Å². The number of aryl methyl sites for hydroxylation is 1. The van der Waals surface area contributed by atoms with Crippen LogP contribution in [0.4, 0.5) is 0 Å². The number of aliphatic hydroxyl groups excluding tert-OH is 1. The van der Waals surface area contributed by atoms with Crippen LogP contribution in [0.1, 0.15) is 43.7 Å². The number of hydrogen-bond donors (Lipinski definition) is 3. The number of benzene rings is 1. The Morgan fingerprint density at radius 2 is 2.05 bits per heavy atom. The maximum atomic E-state index is 9.57. The lowest BCUT2D eigenvalue weighted by molar-refractivity contribution is 0.120. The Hall–Kier alpha value is -1.55. The Kier molecular flexibility index (Phi) is 6.05. The topological polar surface area (TPSA) is 56.7 Å². The second-order valence-electron chi connectivity index (χ2n) is 5.83. The van der Waals surface area contributed by atoms with Crippen LogP contribution in [0, 0.1) is 6.92 Å².